The van der Waals surface area contributed by atoms with Gasteiger partial charge in [-0.25, -0.2) is 4.98 Å². The van der Waals surface area contributed by atoms with Gasteiger partial charge in [-0.3, -0.25) is 9.59 Å². The third-order valence-corrected chi connectivity index (χ3v) is 4.05. The predicted octanol–water partition coefficient (Wildman–Crippen LogP) is 2.42. The number of hydrogen-bond donors (Lipinski definition) is 1. The highest BCUT2D eigenvalue weighted by Crippen LogP contribution is 2.27. The summed E-state index contributed by atoms with van der Waals surface area (Å²) in [5.74, 6) is -0.697. The zero-order valence-electron chi connectivity index (χ0n) is 11.2. The molecule has 0 spiro atoms. The summed E-state index contributed by atoms with van der Waals surface area (Å²) in [5, 5.41) is 12.9. The fraction of sp³-hybridized carbons (Fsp3) is 0.214. The van der Waals surface area contributed by atoms with Gasteiger partial charge in [-0.15, -0.1) is 16.5 Å². The number of aromatic nitrogens is 1. The Hall–Kier alpha value is -2.41. The van der Waals surface area contributed by atoms with Crippen LogP contribution in [0.2, 0.25) is 0 Å². The van der Waals surface area contributed by atoms with Crippen LogP contribution in [0.1, 0.15) is 32.7 Å². The number of aryl methyl sites for hydroxylation is 1. The van der Waals surface area contributed by atoms with Crippen LogP contribution in [0.5, 0.6) is 0 Å². The molecule has 21 heavy (non-hydrogen) atoms. The fourth-order valence-corrected chi connectivity index (χ4v) is 2.80. The van der Waals surface area contributed by atoms with Crippen molar-refractivity contribution in [1.82, 2.24) is 10.3 Å². The first kappa shape index (κ1) is 13.6. The lowest BCUT2D eigenvalue weighted by molar-refractivity contribution is -0.122. The van der Waals surface area contributed by atoms with E-state index < -0.39 is 11.9 Å². The van der Waals surface area contributed by atoms with Crippen molar-refractivity contribution in [3.63, 3.8) is 0 Å². The minimum atomic E-state index is -0.778. The number of benzene rings is 1. The lowest BCUT2D eigenvalue weighted by Gasteiger charge is -2.17. The van der Waals surface area contributed by atoms with Crippen LogP contribution in [-0.4, -0.2) is 16.8 Å². The zero-order chi connectivity index (χ0) is 14.8. The molecule has 2 aromatic rings. The number of thiazole rings is 1. The summed E-state index contributed by atoms with van der Waals surface area (Å²) < 4.78 is 0. The third-order valence-electron chi connectivity index (χ3n) is 3.08. The van der Waals surface area contributed by atoms with Crippen LogP contribution in [0.15, 0.2) is 39.9 Å². The summed E-state index contributed by atoms with van der Waals surface area (Å²) in [5.41, 5.74) is 1.95. The highest BCUT2D eigenvalue weighted by molar-refractivity contribution is 7.09. The number of nitrogens with one attached hydrogen (secondary N) is 1. The summed E-state index contributed by atoms with van der Waals surface area (Å²) in [6, 6.07) is 6.12. The molecule has 1 N–H and O–H groups in total. The SMILES string of the molecule is Cc1csc(CNC(=O)C2N=NC(=O)c3ccccc32)n1. The first-order valence-electron chi connectivity index (χ1n) is 6.38. The van der Waals surface area contributed by atoms with Gasteiger partial charge in [-0.1, -0.05) is 18.2 Å². The Balaban J connectivity index is 1.76. The first-order valence-corrected chi connectivity index (χ1v) is 7.26. The number of hydrogen-bond acceptors (Lipinski definition) is 5. The number of nitrogens with zero attached hydrogens (tertiary/aromatic N) is 3. The monoisotopic (exact) mass is 300 g/mol. The van der Waals surface area contributed by atoms with Crippen LogP contribution < -0.4 is 5.32 Å². The average Bonchev–Trinajstić information content (AvgIpc) is 2.91. The van der Waals surface area contributed by atoms with E-state index >= 15 is 0 Å². The number of fused-ring (bicyclic) bond motifs is 1. The van der Waals surface area contributed by atoms with E-state index in [4.69, 9.17) is 0 Å². The van der Waals surface area contributed by atoms with Crippen molar-refractivity contribution in [1.29, 1.82) is 0 Å². The molecule has 0 saturated heterocycles. The van der Waals surface area contributed by atoms with Crippen LogP contribution in [0.4, 0.5) is 0 Å². The van der Waals surface area contributed by atoms with Gasteiger partial charge >= 0.3 is 0 Å². The number of azo groups is 1. The highest BCUT2D eigenvalue weighted by atomic mass is 32.1. The Morgan fingerprint density at radius 2 is 2.19 bits per heavy atom. The molecule has 1 aromatic heterocycles. The predicted molar refractivity (Wildman–Crippen MR) is 77.1 cm³/mol. The molecule has 1 aliphatic heterocycles. The molecular formula is C14H12N4O2S. The van der Waals surface area contributed by atoms with Gasteiger partial charge in [-0.05, 0) is 13.0 Å². The van der Waals surface area contributed by atoms with Crippen molar-refractivity contribution in [2.75, 3.05) is 0 Å². The van der Waals surface area contributed by atoms with Gasteiger partial charge in [0.1, 0.15) is 5.01 Å². The molecule has 1 unspecified atom stereocenters. The van der Waals surface area contributed by atoms with Crippen molar-refractivity contribution in [2.24, 2.45) is 10.2 Å². The molecule has 0 bridgehead atoms. The number of carbonyl (C=O) groups excluding carboxylic acids is 2. The highest BCUT2D eigenvalue weighted by Gasteiger charge is 2.28. The maximum Gasteiger partial charge on any atom is 0.295 e. The number of carbonyl (C=O) groups is 2. The topological polar surface area (TPSA) is 83.8 Å². The molecule has 0 radical (unpaired) electrons. The lowest BCUT2D eigenvalue weighted by atomic mass is 9.98. The van der Waals surface area contributed by atoms with E-state index in [-0.39, 0.29) is 5.91 Å². The normalized spacial score (nSPS) is 16.6. The molecule has 0 saturated carbocycles. The standard InChI is InChI=1S/C14H12N4O2S/c1-8-7-21-11(16-8)6-15-14(20)12-9-4-2-3-5-10(9)13(19)18-17-12/h2-5,7,12H,6H2,1H3,(H,15,20). The molecule has 1 atom stereocenters. The summed E-state index contributed by atoms with van der Waals surface area (Å²) in [7, 11) is 0. The fourth-order valence-electron chi connectivity index (χ4n) is 2.09. The molecule has 3 rings (SSSR count). The van der Waals surface area contributed by atoms with E-state index in [1.807, 2.05) is 12.3 Å². The molecular weight excluding hydrogens is 288 g/mol. The second-order valence-corrected chi connectivity index (χ2v) is 5.55. The molecule has 0 aliphatic carbocycles. The van der Waals surface area contributed by atoms with E-state index in [0.717, 1.165) is 10.7 Å². The molecule has 7 heteroatoms. The van der Waals surface area contributed by atoms with Gasteiger partial charge in [0.25, 0.3) is 11.8 Å². The average molecular weight is 300 g/mol. The lowest BCUT2D eigenvalue weighted by Crippen LogP contribution is -2.30. The second kappa shape index (κ2) is 5.53. The van der Waals surface area contributed by atoms with Crippen LogP contribution in [-0.2, 0) is 11.3 Å². The van der Waals surface area contributed by atoms with Crippen molar-refractivity contribution < 1.29 is 9.59 Å². The van der Waals surface area contributed by atoms with E-state index in [0.29, 0.717) is 17.7 Å². The van der Waals surface area contributed by atoms with Gasteiger partial charge in [0.2, 0.25) is 0 Å². The molecule has 6 nitrogen and oxygen atoms in total. The van der Waals surface area contributed by atoms with Crippen LogP contribution in [0.3, 0.4) is 0 Å². The number of rotatable bonds is 3. The minimum Gasteiger partial charge on any atom is -0.347 e. The van der Waals surface area contributed by atoms with Gasteiger partial charge < -0.3 is 5.32 Å². The third kappa shape index (κ3) is 2.73. The molecule has 2 heterocycles. The van der Waals surface area contributed by atoms with Crippen LogP contribution in [0.25, 0.3) is 0 Å². The zero-order valence-corrected chi connectivity index (χ0v) is 12.1. The van der Waals surface area contributed by atoms with E-state index in [9.17, 15) is 9.59 Å². The smallest absolute Gasteiger partial charge is 0.295 e. The van der Waals surface area contributed by atoms with E-state index in [1.54, 1.807) is 24.3 Å². The maximum absolute atomic E-state index is 12.2. The molecule has 0 fully saturated rings. The Kier molecular flexibility index (Phi) is 3.57. The van der Waals surface area contributed by atoms with Gasteiger partial charge in [0.15, 0.2) is 6.04 Å². The van der Waals surface area contributed by atoms with Gasteiger partial charge in [0, 0.05) is 22.2 Å². The van der Waals surface area contributed by atoms with Crippen LogP contribution >= 0.6 is 11.3 Å². The molecule has 106 valence electrons. The van der Waals surface area contributed by atoms with Gasteiger partial charge in [-0.2, -0.15) is 5.11 Å². The van der Waals surface area contributed by atoms with Gasteiger partial charge in [0.05, 0.1) is 6.54 Å². The Morgan fingerprint density at radius 1 is 1.38 bits per heavy atom. The van der Waals surface area contributed by atoms with Crippen LogP contribution in [0, 0.1) is 6.92 Å². The van der Waals surface area contributed by atoms with Crippen molar-refractivity contribution >= 4 is 23.2 Å². The molecule has 1 aromatic carbocycles. The van der Waals surface area contributed by atoms with Crippen molar-refractivity contribution in [2.45, 2.75) is 19.5 Å². The number of amides is 2. The summed E-state index contributed by atoms with van der Waals surface area (Å²) in [6.45, 7) is 2.25. The van der Waals surface area contributed by atoms with Crippen molar-refractivity contribution in [3.8, 4) is 0 Å². The maximum atomic E-state index is 12.2. The summed E-state index contributed by atoms with van der Waals surface area (Å²) >= 11 is 1.49. The molecule has 1 aliphatic rings. The summed E-state index contributed by atoms with van der Waals surface area (Å²) in [4.78, 5) is 28.2. The Morgan fingerprint density at radius 3 is 2.95 bits per heavy atom. The molecule has 2 amide bonds. The quantitative estimate of drug-likeness (QED) is 0.944. The largest absolute Gasteiger partial charge is 0.347 e. The Labute approximate surface area is 124 Å². The second-order valence-electron chi connectivity index (χ2n) is 4.61. The minimum absolute atomic E-state index is 0.286. The van der Waals surface area contributed by atoms with E-state index in [1.165, 1.54) is 11.3 Å². The first-order chi connectivity index (χ1) is 10.1. The van der Waals surface area contributed by atoms with E-state index in [2.05, 4.69) is 20.5 Å². The van der Waals surface area contributed by atoms with Crippen molar-refractivity contribution in [3.05, 3.63) is 51.5 Å². The Bertz CT molecular complexity index is 738. The summed E-state index contributed by atoms with van der Waals surface area (Å²) in [6.07, 6.45) is 0.